The average molecular weight is 1120 g/mol. The lowest BCUT2D eigenvalue weighted by Gasteiger charge is -2.22. The monoisotopic (exact) mass is 1120 g/mol. The maximum atomic E-state index is 11.7. The molecule has 0 fully saturated rings. The number of hydrogen-bond donors (Lipinski definition) is 6. The van der Waals surface area contributed by atoms with Crippen LogP contribution in [-0.4, -0.2) is 54.5 Å². The van der Waals surface area contributed by atoms with Crippen LogP contribution in [0.15, 0.2) is 146 Å². The average Bonchev–Trinajstić information content (AvgIpc) is 3.44. The molecular weight excluding hydrogens is 1030 g/mol. The molecule has 3 atom stereocenters. The van der Waals surface area contributed by atoms with Crippen molar-refractivity contribution in [3.05, 3.63) is 157 Å². The molecule has 6 aromatic rings. The minimum Gasteiger partial charge on any atom is -0.508 e. The molecule has 6 N–H and O–H groups in total. The van der Waals surface area contributed by atoms with E-state index < -0.39 is 10.8 Å². The van der Waals surface area contributed by atoms with Crippen LogP contribution in [0.25, 0.3) is 0 Å². The number of benzene rings is 6. The molecule has 0 amide bonds. The fraction of sp³-hybridized carbons (Fsp3) is 0.403. The summed E-state index contributed by atoms with van der Waals surface area (Å²) >= 11 is 0. The number of esters is 4. The Kier molecular flexibility index (Phi) is 31.2. The van der Waals surface area contributed by atoms with E-state index in [4.69, 9.17) is 44.5 Å². The molecule has 0 heterocycles. The minimum atomic E-state index is -0.495. The second kappa shape index (κ2) is 35.6. The number of phenolic OH excluding ortho intramolecular Hbond substituents is 6. The maximum Gasteiger partial charge on any atom is 0.316 e. The number of rotatable bonds is 16. The van der Waals surface area contributed by atoms with Gasteiger partial charge in [-0.15, -0.1) is 0 Å². The summed E-state index contributed by atoms with van der Waals surface area (Å²) in [5, 5.41) is 54.5. The lowest BCUT2D eigenvalue weighted by atomic mass is 9.82. The van der Waals surface area contributed by atoms with E-state index >= 15 is 0 Å². The Morgan fingerprint density at radius 1 is 0.383 bits per heavy atom. The Morgan fingerprint density at radius 2 is 0.704 bits per heavy atom. The molecule has 442 valence electrons. The number of hydrogen-bond acceptors (Lipinski definition) is 14. The van der Waals surface area contributed by atoms with Gasteiger partial charge in [0.25, 0.3) is 0 Å². The second-order valence-electron chi connectivity index (χ2n) is 21.4. The van der Waals surface area contributed by atoms with Crippen molar-refractivity contribution in [3.63, 3.8) is 0 Å². The van der Waals surface area contributed by atoms with Crippen LogP contribution in [0.4, 0.5) is 0 Å². The summed E-state index contributed by atoms with van der Waals surface area (Å²) in [5.41, 5.74) is 1.82. The van der Waals surface area contributed by atoms with Crippen LogP contribution >= 0.6 is 0 Å². The Bertz CT molecular complexity index is 2760. The number of ether oxygens (including phenoxy) is 4. The first-order chi connectivity index (χ1) is 38.0. The van der Waals surface area contributed by atoms with Gasteiger partial charge in [-0.25, -0.2) is 0 Å². The Labute approximate surface area is 481 Å². The standard InChI is InChI=1S/2C12H16O3.2C11H14O3.C11H16O.C10H14O/c1-4-12(2,3)11(14)15-10-7-5-9(13)6-8-10;1-4-12(2,3)11(14)15-10-7-5-6-9(13)8-10;1-3-8(2)11(13)14-10-6-4-9(12)5-7-10;1-3-8(2)11(13)14-10-6-4-5-9(12)7-10;1-4-11(2,3)9-5-7-10(12)8-6-9;1-3-8(2)9-4-6-10(11)7-5-9/h2*5-8,13H,4H2,1-3H3;2*4-8,12H,3H2,1-2H3;5-8,12H,4H2,1-3H3;4-8,11H,3H2,1-2H3. The van der Waals surface area contributed by atoms with E-state index in [2.05, 4.69) is 34.6 Å². The SMILES string of the molecule is CCC(C)(C)C(=O)Oc1ccc(O)cc1.CCC(C)(C)C(=O)Oc1cccc(O)c1.CCC(C)(C)c1ccc(O)cc1.CCC(C)C(=O)Oc1ccc(O)cc1.CCC(C)C(=O)Oc1cccc(O)c1.CCC(C)c1ccc(O)cc1. The van der Waals surface area contributed by atoms with Gasteiger partial charge in [-0.05, 0) is 186 Å². The van der Waals surface area contributed by atoms with E-state index in [9.17, 15) is 24.3 Å². The van der Waals surface area contributed by atoms with E-state index in [1.165, 1.54) is 59.7 Å². The second-order valence-corrected chi connectivity index (χ2v) is 21.4. The first kappa shape index (κ1) is 71.0. The fourth-order valence-corrected chi connectivity index (χ4v) is 5.82. The van der Waals surface area contributed by atoms with Gasteiger partial charge in [0, 0.05) is 12.1 Å². The van der Waals surface area contributed by atoms with Crippen LogP contribution in [-0.2, 0) is 24.6 Å². The summed E-state index contributed by atoms with van der Waals surface area (Å²) in [6.07, 6.45) is 5.20. The van der Waals surface area contributed by atoms with Crippen LogP contribution in [0.3, 0.4) is 0 Å². The van der Waals surface area contributed by atoms with Gasteiger partial charge in [0.05, 0.1) is 22.7 Å². The summed E-state index contributed by atoms with van der Waals surface area (Å²) in [6.45, 7) is 29.7. The smallest absolute Gasteiger partial charge is 0.316 e. The van der Waals surface area contributed by atoms with E-state index in [0.29, 0.717) is 46.8 Å². The molecule has 0 spiro atoms. The molecule has 0 bridgehead atoms. The van der Waals surface area contributed by atoms with Crippen LogP contribution in [0.2, 0.25) is 0 Å². The molecule has 14 heteroatoms. The first-order valence-corrected chi connectivity index (χ1v) is 27.6. The molecule has 0 aliphatic rings. The van der Waals surface area contributed by atoms with Gasteiger partial charge in [-0.1, -0.05) is 113 Å². The van der Waals surface area contributed by atoms with Crippen molar-refractivity contribution in [3.8, 4) is 57.5 Å². The predicted molar refractivity (Wildman–Crippen MR) is 320 cm³/mol. The van der Waals surface area contributed by atoms with Crippen molar-refractivity contribution in [2.75, 3.05) is 0 Å². The molecule has 6 aromatic carbocycles. The third-order valence-electron chi connectivity index (χ3n) is 13.7. The number of phenols is 6. The van der Waals surface area contributed by atoms with Crippen molar-refractivity contribution in [2.45, 2.75) is 154 Å². The molecule has 0 aliphatic heterocycles. The Hall–Kier alpha value is -8.00. The van der Waals surface area contributed by atoms with Crippen LogP contribution in [0, 0.1) is 22.7 Å². The molecule has 14 nitrogen and oxygen atoms in total. The summed E-state index contributed by atoms with van der Waals surface area (Å²) in [7, 11) is 0. The number of carbonyl (C=O) groups excluding carboxylic acids is 4. The number of aromatic hydroxyl groups is 6. The van der Waals surface area contributed by atoms with E-state index in [1.807, 2.05) is 93.5 Å². The van der Waals surface area contributed by atoms with Crippen molar-refractivity contribution in [1.29, 1.82) is 0 Å². The molecule has 0 radical (unpaired) electrons. The normalized spacial score (nSPS) is 11.8. The van der Waals surface area contributed by atoms with Gasteiger partial charge in [-0.2, -0.15) is 0 Å². The van der Waals surface area contributed by atoms with Gasteiger partial charge in [-0.3, -0.25) is 19.2 Å². The van der Waals surface area contributed by atoms with Gasteiger partial charge >= 0.3 is 23.9 Å². The zero-order valence-corrected chi connectivity index (χ0v) is 50.3. The van der Waals surface area contributed by atoms with Gasteiger partial charge in [0.2, 0.25) is 0 Å². The van der Waals surface area contributed by atoms with Crippen molar-refractivity contribution < 1.29 is 68.8 Å². The Morgan fingerprint density at radius 3 is 1.04 bits per heavy atom. The van der Waals surface area contributed by atoms with E-state index in [1.54, 1.807) is 72.8 Å². The van der Waals surface area contributed by atoms with E-state index in [-0.39, 0.29) is 64.1 Å². The number of carbonyl (C=O) groups is 4. The minimum absolute atomic E-state index is 0.0922. The van der Waals surface area contributed by atoms with Gasteiger partial charge < -0.3 is 49.6 Å². The molecule has 3 unspecified atom stereocenters. The Balaban J connectivity index is 0.000000487. The summed E-state index contributed by atoms with van der Waals surface area (Å²) in [4.78, 5) is 46.0. The molecule has 0 aliphatic carbocycles. The lowest BCUT2D eigenvalue weighted by molar-refractivity contribution is -0.144. The quantitative estimate of drug-likeness (QED) is 0.0392. The van der Waals surface area contributed by atoms with Crippen molar-refractivity contribution >= 4 is 23.9 Å². The molecule has 0 aromatic heterocycles. The van der Waals surface area contributed by atoms with E-state index in [0.717, 1.165) is 32.1 Å². The fourth-order valence-electron chi connectivity index (χ4n) is 5.82. The molecule has 6 rings (SSSR count). The molecular formula is C67H90O14. The van der Waals surface area contributed by atoms with Crippen LogP contribution in [0.1, 0.15) is 159 Å². The third-order valence-corrected chi connectivity index (χ3v) is 13.7. The third kappa shape index (κ3) is 27.6. The first-order valence-electron chi connectivity index (χ1n) is 27.6. The summed E-state index contributed by atoms with van der Waals surface area (Å²) < 4.78 is 20.4. The highest BCUT2D eigenvalue weighted by atomic mass is 16.5. The zero-order valence-electron chi connectivity index (χ0n) is 50.3. The maximum absolute atomic E-state index is 11.7. The largest absolute Gasteiger partial charge is 0.508 e. The van der Waals surface area contributed by atoms with Gasteiger partial charge in [0.15, 0.2) is 0 Å². The highest BCUT2D eigenvalue weighted by molar-refractivity contribution is 5.79. The van der Waals surface area contributed by atoms with Crippen molar-refractivity contribution in [1.82, 2.24) is 0 Å². The zero-order chi connectivity index (χ0) is 61.5. The van der Waals surface area contributed by atoms with Crippen LogP contribution in [0.5, 0.6) is 57.5 Å². The molecule has 0 saturated carbocycles. The highest BCUT2D eigenvalue weighted by Gasteiger charge is 2.28. The summed E-state index contributed by atoms with van der Waals surface area (Å²) in [5.74, 6) is 2.22. The predicted octanol–water partition coefficient (Wildman–Crippen LogP) is 16.1. The molecule has 0 saturated heterocycles. The highest BCUT2D eigenvalue weighted by Crippen LogP contribution is 2.29. The topological polar surface area (TPSA) is 227 Å². The van der Waals surface area contributed by atoms with Gasteiger partial charge in [0.1, 0.15) is 57.5 Å². The lowest BCUT2D eigenvalue weighted by Crippen LogP contribution is -2.28. The van der Waals surface area contributed by atoms with Crippen molar-refractivity contribution in [2.24, 2.45) is 22.7 Å². The summed E-state index contributed by atoms with van der Waals surface area (Å²) in [6, 6.07) is 39.5. The molecule has 81 heavy (non-hydrogen) atoms. The van der Waals surface area contributed by atoms with Crippen LogP contribution < -0.4 is 18.9 Å².